The minimum Gasteiger partial charge on any atom is -0.472 e. The summed E-state index contributed by atoms with van der Waals surface area (Å²) in [7, 11) is -4.55. The van der Waals surface area contributed by atoms with Gasteiger partial charge < -0.3 is 4.42 Å². The van der Waals surface area contributed by atoms with E-state index in [1.165, 1.54) is 12.3 Å². The number of hydrogen-bond acceptors (Lipinski definition) is 4. The second kappa shape index (κ2) is 8.06. The van der Waals surface area contributed by atoms with Gasteiger partial charge in [-0.05, 0) is 12.5 Å². The van der Waals surface area contributed by atoms with Crippen molar-refractivity contribution in [2.24, 2.45) is 0 Å². The maximum absolute atomic E-state index is 11.9. The normalized spacial score (nSPS) is 11.5. The predicted octanol–water partition coefficient (Wildman–Crippen LogP) is 2.89. The standard InChI is InChI=1S/C13H21NO5S/c1-2-3-4-5-6-7-9-14(20(16,17)18)13(15)12-8-10-19-11-12/h8,10-11H,2-7,9H2,1H3,(H,16,17,18). The van der Waals surface area contributed by atoms with Crippen molar-refractivity contribution in [3.05, 3.63) is 24.2 Å². The molecule has 1 amide bonds. The lowest BCUT2D eigenvalue weighted by molar-refractivity contribution is 0.0849. The van der Waals surface area contributed by atoms with Crippen molar-refractivity contribution in [2.45, 2.75) is 45.4 Å². The molecule has 1 aromatic heterocycles. The van der Waals surface area contributed by atoms with E-state index in [1.54, 1.807) is 0 Å². The van der Waals surface area contributed by atoms with Gasteiger partial charge in [-0.1, -0.05) is 39.0 Å². The van der Waals surface area contributed by atoms with Crippen molar-refractivity contribution in [3.63, 3.8) is 0 Å². The average molecular weight is 303 g/mol. The second-order valence-electron chi connectivity index (χ2n) is 4.63. The number of carbonyl (C=O) groups excluding carboxylic acids is 1. The van der Waals surface area contributed by atoms with Gasteiger partial charge >= 0.3 is 10.3 Å². The molecule has 0 bridgehead atoms. The largest absolute Gasteiger partial charge is 0.472 e. The van der Waals surface area contributed by atoms with Crippen LogP contribution in [0.4, 0.5) is 0 Å². The van der Waals surface area contributed by atoms with Crippen LogP contribution >= 0.6 is 0 Å². The van der Waals surface area contributed by atoms with Gasteiger partial charge in [0.05, 0.1) is 11.8 Å². The number of nitrogens with zero attached hydrogens (tertiary/aromatic N) is 1. The van der Waals surface area contributed by atoms with Crippen molar-refractivity contribution in [3.8, 4) is 0 Å². The molecule has 0 atom stereocenters. The molecule has 1 heterocycles. The summed E-state index contributed by atoms with van der Waals surface area (Å²) in [4.78, 5) is 11.9. The summed E-state index contributed by atoms with van der Waals surface area (Å²) in [5, 5.41) is 0. The molecule has 114 valence electrons. The van der Waals surface area contributed by atoms with Crippen LogP contribution in [0.15, 0.2) is 23.0 Å². The first-order chi connectivity index (χ1) is 9.46. The van der Waals surface area contributed by atoms with E-state index < -0.39 is 16.2 Å². The first-order valence-electron chi connectivity index (χ1n) is 6.78. The molecule has 0 aliphatic carbocycles. The van der Waals surface area contributed by atoms with Crippen molar-refractivity contribution >= 4 is 16.2 Å². The summed E-state index contributed by atoms with van der Waals surface area (Å²) >= 11 is 0. The van der Waals surface area contributed by atoms with E-state index in [1.807, 2.05) is 0 Å². The van der Waals surface area contributed by atoms with Crippen LogP contribution < -0.4 is 0 Å². The lowest BCUT2D eigenvalue weighted by Crippen LogP contribution is -2.37. The van der Waals surface area contributed by atoms with Crippen molar-refractivity contribution in [1.29, 1.82) is 0 Å². The van der Waals surface area contributed by atoms with Crippen LogP contribution in [-0.4, -0.2) is 29.7 Å². The highest BCUT2D eigenvalue weighted by Crippen LogP contribution is 2.12. The third-order valence-corrected chi connectivity index (χ3v) is 3.89. The van der Waals surface area contributed by atoms with Crippen LogP contribution in [0.5, 0.6) is 0 Å². The lowest BCUT2D eigenvalue weighted by Gasteiger charge is -2.17. The molecule has 0 aliphatic heterocycles. The third kappa shape index (κ3) is 5.34. The molecule has 0 radical (unpaired) electrons. The first-order valence-corrected chi connectivity index (χ1v) is 8.18. The molecule has 0 unspecified atom stereocenters. The molecule has 0 fully saturated rings. The van der Waals surface area contributed by atoms with Gasteiger partial charge in [-0.2, -0.15) is 8.42 Å². The topological polar surface area (TPSA) is 87.8 Å². The van der Waals surface area contributed by atoms with Gasteiger partial charge in [0.25, 0.3) is 5.91 Å². The summed E-state index contributed by atoms with van der Waals surface area (Å²) in [5.74, 6) is -0.769. The predicted molar refractivity (Wildman–Crippen MR) is 74.7 cm³/mol. The number of carbonyl (C=O) groups is 1. The van der Waals surface area contributed by atoms with Crippen LogP contribution in [0.3, 0.4) is 0 Å². The molecule has 0 aliphatic rings. The SMILES string of the molecule is CCCCCCCCN(C(=O)c1ccoc1)S(=O)(=O)O. The molecular formula is C13H21NO5S. The van der Waals surface area contributed by atoms with Crippen molar-refractivity contribution in [2.75, 3.05) is 6.54 Å². The first kappa shape index (κ1) is 16.7. The summed E-state index contributed by atoms with van der Waals surface area (Å²) in [6.07, 6.45) is 8.16. The van der Waals surface area contributed by atoms with E-state index in [-0.39, 0.29) is 12.1 Å². The monoisotopic (exact) mass is 303 g/mol. The zero-order valence-corrected chi connectivity index (χ0v) is 12.4. The van der Waals surface area contributed by atoms with E-state index in [0.717, 1.165) is 38.4 Å². The molecule has 1 N–H and O–H groups in total. The van der Waals surface area contributed by atoms with Gasteiger partial charge in [-0.15, -0.1) is 0 Å². The molecule has 1 rings (SSSR count). The van der Waals surface area contributed by atoms with E-state index in [4.69, 9.17) is 8.97 Å². The molecule has 0 saturated heterocycles. The Morgan fingerprint density at radius 1 is 1.25 bits per heavy atom. The minimum atomic E-state index is -4.55. The fraction of sp³-hybridized carbons (Fsp3) is 0.615. The molecule has 0 saturated carbocycles. The Kier molecular flexibility index (Phi) is 6.74. The van der Waals surface area contributed by atoms with E-state index in [9.17, 15) is 13.2 Å². The Morgan fingerprint density at radius 3 is 2.45 bits per heavy atom. The number of rotatable bonds is 9. The van der Waals surface area contributed by atoms with E-state index in [0.29, 0.717) is 10.7 Å². The number of amides is 1. The molecule has 6 nitrogen and oxygen atoms in total. The molecule has 7 heteroatoms. The number of unbranched alkanes of at least 4 members (excludes halogenated alkanes) is 5. The third-order valence-electron chi connectivity index (χ3n) is 2.99. The van der Waals surface area contributed by atoms with Gasteiger partial charge in [0.2, 0.25) is 0 Å². The Balaban J connectivity index is 2.52. The fourth-order valence-electron chi connectivity index (χ4n) is 1.89. The van der Waals surface area contributed by atoms with E-state index >= 15 is 0 Å². The molecule has 20 heavy (non-hydrogen) atoms. The quantitative estimate of drug-likeness (QED) is 0.560. The van der Waals surface area contributed by atoms with Gasteiger partial charge in [-0.3, -0.25) is 9.35 Å². The number of hydrogen-bond donors (Lipinski definition) is 1. The summed E-state index contributed by atoms with van der Waals surface area (Å²) in [6.45, 7) is 2.10. The van der Waals surface area contributed by atoms with E-state index in [2.05, 4.69) is 6.92 Å². The highest BCUT2D eigenvalue weighted by Gasteiger charge is 2.26. The van der Waals surface area contributed by atoms with Crippen LogP contribution in [0.1, 0.15) is 55.8 Å². The van der Waals surface area contributed by atoms with Crippen molar-refractivity contribution in [1.82, 2.24) is 4.31 Å². The van der Waals surface area contributed by atoms with Gasteiger partial charge in [0.1, 0.15) is 6.26 Å². The van der Waals surface area contributed by atoms with Gasteiger partial charge in [0, 0.05) is 6.54 Å². The van der Waals surface area contributed by atoms with Crippen LogP contribution in [0.25, 0.3) is 0 Å². The summed E-state index contributed by atoms with van der Waals surface area (Å²) in [6, 6.07) is 1.36. The minimum absolute atomic E-state index is 0.0189. The maximum Gasteiger partial charge on any atom is 0.362 e. The Hall–Kier alpha value is -1.34. The summed E-state index contributed by atoms with van der Waals surface area (Å²) < 4.78 is 36.9. The Morgan fingerprint density at radius 2 is 1.90 bits per heavy atom. The van der Waals surface area contributed by atoms with Crippen molar-refractivity contribution < 1.29 is 22.2 Å². The highest BCUT2D eigenvalue weighted by atomic mass is 32.2. The molecule has 1 aromatic rings. The van der Waals surface area contributed by atoms with Crippen LogP contribution in [0, 0.1) is 0 Å². The summed E-state index contributed by atoms with van der Waals surface area (Å²) in [5.41, 5.74) is 0.105. The molecule has 0 spiro atoms. The fourth-order valence-corrected chi connectivity index (χ4v) is 2.56. The van der Waals surface area contributed by atoms with Gasteiger partial charge in [0.15, 0.2) is 0 Å². The molecular weight excluding hydrogens is 282 g/mol. The Labute approximate surface area is 119 Å². The Bertz CT molecular complexity index is 495. The van der Waals surface area contributed by atoms with Crippen LogP contribution in [0.2, 0.25) is 0 Å². The lowest BCUT2D eigenvalue weighted by atomic mass is 10.1. The highest BCUT2D eigenvalue weighted by molar-refractivity contribution is 7.84. The smallest absolute Gasteiger partial charge is 0.362 e. The second-order valence-corrected chi connectivity index (χ2v) is 5.97. The van der Waals surface area contributed by atoms with Crippen LogP contribution in [-0.2, 0) is 10.3 Å². The zero-order chi connectivity index (χ0) is 15.0. The number of furan rings is 1. The maximum atomic E-state index is 11.9. The van der Waals surface area contributed by atoms with Gasteiger partial charge in [-0.25, -0.2) is 4.31 Å². The zero-order valence-electron chi connectivity index (χ0n) is 11.6. The molecule has 0 aromatic carbocycles. The average Bonchev–Trinajstić information content (AvgIpc) is 2.89.